The van der Waals surface area contributed by atoms with Gasteiger partial charge in [0.15, 0.2) is 0 Å². The zero-order valence-electron chi connectivity index (χ0n) is 10.8. The molecule has 20 heavy (non-hydrogen) atoms. The number of aryl methyl sites for hydroxylation is 1. The lowest BCUT2D eigenvalue weighted by Gasteiger charge is -2.23. The summed E-state index contributed by atoms with van der Waals surface area (Å²) in [5.74, 6) is -3.28. The molecule has 0 heterocycles. The third-order valence-electron chi connectivity index (χ3n) is 2.58. The standard InChI is InChI=1S/C13H14F3NO3/c1-9-3-2-4-10(7-9)8-17(6-5-11(18)19)12(20)13(14,15)16/h2-4,7H,5-6,8H2,1H3,(H,18,19). The van der Waals surface area contributed by atoms with Crippen molar-refractivity contribution in [1.29, 1.82) is 0 Å². The quantitative estimate of drug-likeness (QED) is 0.905. The van der Waals surface area contributed by atoms with Crippen LogP contribution in [0.15, 0.2) is 24.3 Å². The van der Waals surface area contributed by atoms with Crippen LogP contribution < -0.4 is 0 Å². The Hall–Kier alpha value is -2.05. The molecule has 4 nitrogen and oxygen atoms in total. The highest BCUT2D eigenvalue weighted by Gasteiger charge is 2.42. The van der Waals surface area contributed by atoms with E-state index < -0.39 is 31.0 Å². The third kappa shape index (κ3) is 4.91. The smallest absolute Gasteiger partial charge is 0.471 e. The largest absolute Gasteiger partial charge is 0.481 e. The van der Waals surface area contributed by atoms with Crippen molar-refractivity contribution < 1.29 is 27.9 Å². The van der Waals surface area contributed by atoms with Gasteiger partial charge in [-0.1, -0.05) is 29.8 Å². The molecule has 0 aliphatic carbocycles. The van der Waals surface area contributed by atoms with Crippen molar-refractivity contribution in [1.82, 2.24) is 4.90 Å². The van der Waals surface area contributed by atoms with Crippen molar-refractivity contribution in [3.8, 4) is 0 Å². The van der Waals surface area contributed by atoms with Gasteiger partial charge < -0.3 is 10.0 Å². The molecule has 1 rings (SSSR count). The second-order valence-corrected chi connectivity index (χ2v) is 4.36. The number of carbonyl (C=O) groups excluding carboxylic acids is 1. The first-order chi connectivity index (χ1) is 9.20. The fraction of sp³-hybridized carbons (Fsp3) is 0.385. The van der Waals surface area contributed by atoms with Gasteiger partial charge in [-0.2, -0.15) is 13.2 Å². The highest BCUT2D eigenvalue weighted by Crippen LogP contribution is 2.20. The number of alkyl halides is 3. The van der Waals surface area contributed by atoms with Crippen molar-refractivity contribution in [3.05, 3.63) is 35.4 Å². The number of rotatable bonds is 5. The van der Waals surface area contributed by atoms with Crippen molar-refractivity contribution >= 4 is 11.9 Å². The van der Waals surface area contributed by atoms with Crippen LogP contribution in [0.4, 0.5) is 13.2 Å². The lowest BCUT2D eigenvalue weighted by atomic mass is 10.1. The molecule has 0 fully saturated rings. The van der Waals surface area contributed by atoms with Gasteiger partial charge in [-0.05, 0) is 12.5 Å². The first-order valence-corrected chi connectivity index (χ1v) is 5.83. The lowest BCUT2D eigenvalue weighted by molar-refractivity contribution is -0.186. The summed E-state index contributed by atoms with van der Waals surface area (Å²) < 4.78 is 37.4. The summed E-state index contributed by atoms with van der Waals surface area (Å²) in [5.41, 5.74) is 1.37. The van der Waals surface area contributed by atoms with Crippen molar-refractivity contribution in [2.24, 2.45) is 0 Å². The molecule has 0 aliphatic rings. The van der Waals surface area contributed by atoms with Gasteiger partial charge in [-0.15, -0.1) is 0 Å². The van der Waals surface area contributed by atoms with E-state index in [2.05, 4.69) is 0 Å². The second-order valence-electron chi connectivity index (χ2n) is 4.36. The molecule has 0 saturated carbocycles. The average Bonchev–Trinajstić information content (AvgIpc) is 2.32. The minimum Gasteiger partial charge on any atom is -0.481 e. The molecule has 1 aromatic rings. The zero-order valence-corrected chi connectivity index (χ0v) is 10.8. The highest BCUT2D eigenvalue weighted by atomic mass is 19.4. The molecule has 0 spiro atoms. The highest BCUT2D eigenvalue weighted by molar-refractivity contribution is 5.82. The minimum absolute atomic E-state index is 0.271. The van der Waals surface area contributed by atoms with Crippen LogP contribution in [0.3, 0.4) is 0 Å². The van der Waals surface area contributed by atoms with Crippen LogP contribution >= 0.6 is 0 Å². The Balaban J connectivity index is 2.87. The first-order valence-electron chi connectivity index (χ1n) is 5.83. The summed E-state index contributed by atoms with van der Waals surface area (Å²) in [6.45, 7) is 1.02. The summed E-state index contributed by atoms with van der Waals surface area (Å²) >= 11 is 0. The molecule has 1 amide bonds. The van der Waals surface area contributed by atoms with E-state index in [0.717, 1.165) is 5.56 Å². The van der Waals surface area contributed by atoms with Gasteiger partial charge in [0.2, 0.25) is 0 Å². The van der Waals surface area contributed by atoms with E-state index in [1.165, 1.54) is 0 Å². The Morgan fingerprint density at radius 1 is 1.30 bits per heavy atom. The van der Waals surface area contributed by atoms with Crippen LogP contribution in [-0.4, -0.2) is 34.6 Å². The molecule has 0 saturated heterocycles. The number of amides is 1. The normalized spacial score (nSPS) is 11.2. The summed E-state index contributed by atoms with van der Waals surface area (Å²) in [4.78, 5) is 22.2. The van der Waals surface area contributed by atoms with Crippen LogP contribution in [0.5, 0.6) is 0 Å². The van der Waals surface area contributed by atoms with Gasteiger partial charge in [0.05, 0.1) is 6.42 Å². The monoisotopic (exact) mass is 289 g/mol. The summed E-state index contributed by atoms with van der Waals surface area (Å²) in [7, 11) is 0. The van der Waals surface area contributed by atoms with Crippen LogP contribution in [-0.2, 0) is 16.1 Å². The number of carboxylic acids is 1. The van der Waals surface area contributed by atoms with Crippen molar-refractivity contribution in [2.45, 2.75) is 26.1 Å². The van der Waals surface area contributed by atoms with E-state index in [1.54, 1.807) is 31.2 Å². The molecule has 0 unspecified atom stereocenters. The van der Waals surface area contributed by atoms with Gasteiger partial charge in [0.1, 0.15) is 0 Å². The number of carbonyl (C=O) groups is 2. The van der Waals surface area contributed by atoms with Gasteiger partial charge in [0, 0.05) is 13.1 Å². The van der Waals surface area contributed by atoms with Crippen LogP contribution in [0, 0.1) is 6.92 Å². The number of halogens is 3. The Bertz CT molecular complexity index is 500. The molecule has 0 radical (unpaired) electrons. The minimum atomic E-state index is -5.01. The second kappa shape index (κ2) is 6.40. The Morgan fingerprint density at radius 3 is 2.45 bits per heavy atom. The molecule has 0 bridgehead atoms. The topological polar surface area (TPSA) is 57.6 Å². The molecule has 0 aliphatic heterocycles. The number of benzene rings is 1. The predicted octanol–water partition coefficient (Wildman–Crippen LogP) is 2.36. The maximum atomic E-state index is 12.5. The molecule has 1 N–H and O–H groups in total. The van der Waals surface area contributed by atoms with Crippen molar-refractivity contribution in [3.63, 3.8) is 0 Å². The Morgan fingerprint density at radius 2 is 1.95 bits per heavy atom. The third-order valence-corrected chi connectivity index (χ3v) is 2.58. The molecule has 7 heteroatoms. The molecule has 110 valence electrons. The summed E-state index contributed by atoms with van der Waals surface area (Å²) in [6, 6.07) is 6.68. The SMILES string of the molecule is Cc1cccc(CN(CCC(=O)O)C(=O)C(F)(F)F)c1. The van der Waals surface area contributed by atoms with Crippen molar-refractivity contribution in [2.75, 3.05) is 6.54 Å². The van der Waals surface area contributed by atoms with Gasteiger partial charge in [-0.3, -0.25) is 9.59 Å². The van der Waals surface area contributed by atoms with E-state index in [9.17, 15) is 22.8 Å². The maximum absolute atomic E-state index is 12.5. The molecule has 0 atom stereocenters. The molecular formula is C13H14F3NO3. The van der Waals surface area contributed by atoms with Crippen LogP contribution in [0.1, 0.15) is 17.5 Å². The van der Waals surface area contributed by atoms with E-state index in [4.69, 9.17) is 5.11 Å². The molecule has 0 aromatic heterocycles. The van der Waals surface area contributed by atoms with E-state index in [0.29, 0.717) is 10.5 Å². The van der Waals surface area contributed by atoms with Crippen LogP contribution in [0.2, 0.25) is 0 Å². The number of aliphatic carboxylic acids is 1. The fourth-order valence-electron chi connectivity index (χ4n) is 1.69. The fourth-order valence-corrected chi connectivity index (χ4v) is 1.69. The van der Waals surface area contributed by atoms with E-state index in [-0.39, 0.29) is 6.54 Å². The Labute approximate surface area is 113 Å². The zero-order chi connectivity index (χ0) is 15.3. The van der Waals surface area contributed by atoms with Crippen LogP contribution in [0.25, 0.3) is 0 Å². The van der Waals surface area contributed by atoms with Gasteiger partial charge >= 0.3 is 18.1 Å². The number of carboxylic acid groups (broad SMARTS) is 1. The van der Waals surface area contributed by atoms with E-state index in [1.807, 2.05) is 0 Å². The first kappa shape index (κ1) is 16.0. The lowest BCUT2D eigenvalue weighted by Crippen LogP contribution is -2.41. The summed E-state index contributed by atoms with van der Waals surface area (Å²) in [5, 5.41) is 8.54. The maximum Gasteiger partial charge on any atom is 0.471 e. The molecular weight excluding hydrogens is 275 g/mol. The van der Waals surface area contributed by atoms with E-state index >= 15 is 0 Å². The molecule has 1 aromatic carbocycles. The predicted molar refractivity (Wildman–Crippen MR) is 64.9 cm³/mol. The van der Waals surface area contributed by atoms with Gasteiger partial charge in [-0.25, -0.2) is 0 Å². The number of hydrogen-bond donors (Lipinski definition) is 1. The number of hydrogen-bond acceptors (Lipinski definition) is 2. The average molecular weight is 289 g/mol. The Kier molecular flexibility index (Phi) is 5.12. The summed E-state index contributed by atoms with van der Waals surface area (Å²) in [6.07, 6.45) is -5.55. The van der Waals surface area contributed by atoms with Gasteiger partial charge in [0.25, 0.3) is 0 Å². The number of nitrogens with zero attached hydrogens (tertiary/aromatic N) is 1.